The van der Waals surface area contributed by atoms with Gasteiger partial charge in [-0.15, -0.1) is 0 Å². The Morgan fingerprint density at radius 2 is 1.53 bits per heavy atom. The van der Waals surface area contributed by atoms with Gasteiger partial charge in [0.05, 0.1) is 6.54 Å². The third-order valence-corrected chi connectivity index (χ3v) is 4.82. The average Bonchev–Trinajstić information content (AvgIpc) is 2.74. The Bertz CT molecular complexity index is 1020. The normalized spacial score (nSPS) is 10.4. The molecule has 0 fully saturated rings. The minimum Gasteiger partial charge on any atom is -0.376 e. The molecule has 5 heteroatoms. The number of hydrogen-bond acceptors (Lipinski definition) is 3. The van der Waals surface area contributed by atoms with E-state index in [4.69, 9.17) is 0 Å². The lowest BCUT2D eigenvalue weighted by atomic mass is 10.1. The Hall–Kier alpha value is -3.60. The van der Waals surface area contributed by atoms with Crippen LogP contribution in [0.1, 0.15) is 32.6 Å². The summed E-state index contributed by atoms with van der Waals surface area (Å²) in [5.74, 6) is -0.290. The van der Waals surface area contributed by atoms with Crippen LogP contribution in [0, 0.1) is 20.8 Å². The van der Waals surface area contributed by atoms with Crippen molar-refractivity contribution in [3.05, 3.63) is 94.5 Å². The van der Waals surface area contributed by atoms with Crippen LogP contribution in [-0.2, 0) is 11.3 Å². The Labute approximate surface area is 177 Å². The zero-order chi connectivity index (χ0) is 21.5. The van der Waals surface area contributed by atoms with Crippen LogP contribution in [0.5, 0.6) is 0 Å². The summed E-state index contributed by atoms with van der Waals surface area (Å²) in [4.78, 5) is 24.8. The number of nitrogens with one attached hydrogen (secondary N) is 3. The summed E-state index contributed by atoms with van der Waals surface area (Å²) in [5.41, 5.74) is 6.40. The fraction of sp³-hybridized carbons (Fsp3) is 0.200. The van der Waals surface area contributed by atoms with E-state index in [0.717, 1.165) is 28.1 Å². The molecule has 0 unspecified atom stereocenters. The lowest BCUT2D eigenvalue weighted by Crippen LogP contribution is -2.24. The van der Waals surface area contributed by atoms with Gasteiger partial charge in [0.1, 0.15) is 0 Å². The van der Waals surface area contributed by atoms with Crippen LogP contribution in [0.25, 0.3) is 0 Å². The maximum absolute atomic E-state index is 12.4. The number of amides is 2. The van der Waals surface area contributed by atoms with Crippen LogP contribution in [0.3, 0.4) is 0 Å². The van der Waals surface area contributed by atoms with Crippen LogP contribution in [-0.4, -0.2) is 18.4 Å². The summed E-state index contributed by atoms with van der Waals surface area (Å²) in [6.07, 6.45) is 0. The van der Waals surface area contributed by atoms with E-state index in [0.29, 0.717) is 12.1 Å². The Balaban J connectivity index is 1.56. The SMILES string of the molecule is Cc1cc(C)c(NC(=O)CNc2cccc(C(=O)NCc3ccccc3)c2)c(C)c1. The summed E-state index contributed by atoms with van der Waals surface area (Å²) in [7, 11) is 0. The molecule has 0 saturated carbocycles. The van der Waals surface area contributed by atoms with Crippen molar-refractivity contribution < 1.29 is 9.59 Å². The Morgan fingerprint density at radius 1 is 0.833 bits per heavy atom. The number of aryl methyl sites for hydroxylation is 3. The second-order valence-electron chi connectivity index (χ2n) is 7.42. The Morgan fingerprint density at radius 3 is 2.23 bits per heavy atom. The van der Waals surface area contributed by atoms with E-state index in [2.05, 4.69) is 16.0 Å². The van der Waals surface area contributed by atoms with E-state index >= 15 is 0 Å². The molecule has 30 heavy (non-hydrogen) atoms. The van der Waals surface area contributed by atoms with Crippen molar-refractivity contribution in [3.63, 3.8) is 0 Å². The van der Waals surface area contributed by atoms with Gasteiger partial charge in [-0.2, -0.15) is 0 Å². The minimum absolute atomic E-state index is 0.113. The molecule has 0 bridgehead atoms. The standard InChI is InChI=1S/C25H27N3O2/c1-17-12-18(2)24(19(3)13-17)28-23(29)16-26-22-11-7-10-21(14-22)25(30)27-15-20-8-5-4-6-9-20/h4-14,26H,15-16H2,1-3H3,(H,27,30)(H,28,29). The molecule has 0 heterocycles. The van der Waals surface area contributed by atoms with Crippen LogP contribution in [0.2, 0.25) is 0 Å². The monoisotopic (exact) mass is 401 g/mol. The van der Waals surface area contributed by atoms with Crippen LogP contribution < -0.4 is 16.0 Å². The largest absolute Gasteiger partial charge is 0.376 e. The van der Waals surface area contributed by atoms with Crippen molar-refractivity contribution >= 4 is 23.2 Å². The maximum atomic E-state index is 12.4. The molecule has 154 valence electrons. The van der Waals surface area contributed by atoms with E-state index < -0.39 is 0 Å². The second-order valence-corrected chi connectivity index (χ2v) is 7.42. The van der Waals surface area contributed by atoms with Crippen LogP contribution >= 0.6 is 0 Å². The first-order valence-electron chi connectivity index (χ1n) is 9.96. The van der Waals surface area contributed by atoms with Crippen molar-refractivity contribution in [3.8, 4) is 0 Å². The topological polar surface area (TPSA) is 70.2 Å². The van der Waals surface area contributed by atoms with Crippen molar-refractivity contribution in [1.82, 2.24) is 5.32 Å². The van der Waals surface area contributed by atoms with Crippen molar-refractivity contribution in [2.75, 3.05) is 17.2 Å². The van der Waals surface area contributed by atoms with E-state index in [1.54, 1.807) is 18.2 Å². The number of carbonyl (C=O) groups excluding carboxylic acids is 2. The van der Waals surface area contributed by atoms with Gasteiger partial charge in [-0.3, -0.25) is 9.59 Å². The van der Waals surface area contributed by atoms with E-state index in [1.165, 1.54) is 5.56 Å². The minimum atomic E-state index is -0.155. The molecule has 0 aliphatic rings. The lowest BCUT2D eigenvalue weighted by Gasteiger charge is -2.14. The molecule has 0 radical (unpaired) electrons. The molecular weight excluding hydrogens is 374 g/mol. The number of benzene rings is 3. The van der Waals surface area contributed by atoms with Crippen molar-refractivity contribution in [1.29, 1.82) is 0 Å². The summed E-state index contributed by atoms with van der Waals surface area (Å²) in [6.45, 7) is 6.59. The molecule has 0 aliphatic heterocycles. The molecule has 0 saturated heterocycles. The highest BCUT2D eigenvalue weighted by Crippen LogP contribution is 2.21. The van der Waals surface area contributed by atoms with Crippen molar-refractivity contribution in [2.24, 2.45) is 0 Å². The number of carbonyl (C=O) groups is 2. The number of rotatable bonds is 7. The average molecular weight is 402 g/mol. The quantitative estimate of drug-likeness (QED) is 0.542. The van der Waals surface area contributed by atoms with Gasteiger partial charge in [-0.25, -0.2) is 0 Å². The molecule has 3 aromatic rings. The first-order chi connectivity index (χ1) is 14.4. The molecule has 0 spiro atoms. The smallest absolute Gasteiger partial charge is 0.251 e. The van der Waals surface area contributed by atoms with Gasteiger partial charge in [0, 0.05) is 23.5 Å². The lowest BCUT2D eigenvalue weighted by molar-refractivity contribution is -0.114. The zero-order valence-electron chi connectivity index (χ0n) is 17.6. The fourth-order valence-corrected chi connectivity index (χ4v) is 3.39. The summed E-state index contributed by atoms with van der Waals surface area (Å²) < 4.78 is 0. The fourth-order valence-electron chi connectivity index (χ4n) is 3.39. The molecular formula is C25H27N3O2. The van der Waals surface area contributed by atoms with Gasteiger partial charge in [0.2, 0.25) is 5.91 Å². The van der Waals surface area contributed by atoms with Gasteiger partial charge in [0.15, 0.2) is 0 Å². The number of hydrogen-bond donors (Lipinski definition) is 3. The van der Waals surface area contributed by atoms with E-state index in [1.807, 2.05) is 69.3 Å². The maximum Gasteiger partial charge on any atom is 0.251 e. The van der Waals surface area contributed by atoms with Crippen LogP contribution in [0.4, 0.5) is 11.4 Å². The van der Waals surface area contributed by atoms with E-state index in [9.17, 15) is 9.59 Å². The van der Waals surface area contributed by atoms with Gasteiger partial charge in [0.25, 0.3) is 5.91 Å². The van der Waals surface area contributed by atoms with E-state index in [-0.39, 0.29) is 18.4 Å². The number of anilines is 2. The second kappa shape index (κ2) is 9.74. The van der Waals surface area contributed by atoms with Crippen molar-refractivity contribution in [2.45, 2.75) is 27.3 Å². The molecule has 2 amide bonds. The van der Waals surface area contributed by atoms with Gasteiger partial charge >= 0.3 is 0 Å². The van der Waals surface area contributed by atoms with Gasteiger partial charge in [-0.05, 0) is 55.7 Å². The highest BCUT2D eigenvalue weighted by atomic mass is 16.2. The molecule has 3 aromatic carbocycles. The van der Waals surface area contributed by atoms with Gasteiger partial charge in [-0.1, -0.05) is 54.1 Å². The molecule has 0 atom stereocenters. The summed E-state index contributed by atoms with van der Waals surface area (Å²) in [6, 6.07) is 21.0. The first-order valence-corrected chi connectivity index (χ1v) is 9.96. The predicted octanol–water partition coefficient (Wildman–Crippen LogP) is 4.59. The molecule has 0 aliphatic carbocycles. The molecule has 3 N–H and O–H groups in total. The highest BCUT2D eigenvalue weighted by molar-refractivity contribution is 5.96. The van der Waals surface area contributed by atoms with Crippen LogP contribution in [0.15, 0.2) is 66.7 Å². The van der Waals surface area contributed by atoms with Gasteiger partial charge < -0.3 is 16.0 Å². The first kappa shape index (κ1) is 21.1. The predicted molar refractivity (Wildman–Crippen MR) is 122 cm³/mol. The summed E-state index contributed by atoms with van der Waals surface area (Å²) >= 11 is 0. The Kier molecular flexibility index (Phi) is 6.86. The molecule has 3 rings (SSSR count). The third kappa shape index (κ3) is 5.70. The third-order valence-electron chi connectivity index (χ3n) is 4.82. The molecule has 0 aromatic heterocycles. The summed E-state index contributed by atoms with van der Waals surface area (Å²) in [5, 5.41) is 8.97. The zero-order valence-corrected chi connectivity index (χ0v) is 17.6. The highest BCUT2D eigenvalue weighted by Gasteiger charge is 2.10. The molecule has 5 nitrogen and oxygen atoms in total.